The van der Waals surface area contributed by atoms with Crippen molar-refractivity contribution < 1.29 is 19.9 Å². The van der Waals surface area contributed by atoms with Crippen molar-refractivity contribution in [1.29, 1.82) is 0 Å². The molecule has 0 saturated carbocycles. The van der Waals surface area contributed by atoms with Gasteiger partial charge < -0.3 is 20.7 Å². The van der Waals surface area contributed by atoms with E-state index < -0.39 is 53.1 Å². The summed E-state index contributed by atoms with van der Waals surface area (Å²) in [5.74, 6) is -1.03. The van der Waals surface area contributed by atoms with Gasteiger partial charge in [-0.1, -0.05) is 6.92 Å². The monoisotopic (exact) mass is 286 g/mol. The predicted octanol–water partition coefficient (Wildman–Crippen LogP) is -1.38. The second-order valence-electron chi connectivity index (χ2n) is 4.56. The lowest BCUT2D eigenvalue weighted by Gasteiger charge is -2.17. The first-order chi connectivity index (χ1) is 9.36. The number of hydrogen-bond donors (Lipinski definition) is 3. The molecule has 1 aliphatic heterocycles. The molecule has 0 aromatic carbocycles. The zero-order valence-electron chi connectivity index (χ0n) is 10.5. The Kier molecular flexibility index (Phi) is 3.70. The molecule has 0 bridgehead atoms. The molecular weight excluding hydrogens is 272 g/mol. The molecular formula is C10H14N4O6. The van der Waals surface area contributed by atoms with Gasteiger partial charge in [0.25, 0.3) is 0 Å². The molecule has 0 aliphatic carbocycles. The standard InChI is InChI=1S/C10H14N4O6/c1-4-7(16)6(3-15)20-9(4)13-2-5(14(18)19)8(11)12-10(13)17/h2,4,6-7,9,15-16H,3H2,1H3,(H2,11,12,17)/t4-,6-,7+,9-/m1/s1. The van der Waals surface area contributed by atoms with Gasteiger partial charge >= 0.3 is 11.4 Å². The zero-order valence-corrected chi connectivity index (χ0v) is 10.5. The first-order valence-corrected chi connectivity index (χ1v) is 5.84. The zero-order chi connectivity index (χ0) is 15.0. The van der Waals surface area contributed by atoms with E-state index in [-0.39, 0.29) is 0 Å². The van der Waals surface area contributed by atoms with Crippen molar-refractivity contribution in [2.45, 2.75) is 25.4 Å². The molecule has 0 radical (unpaired) electrons. The third kappa shape index (κ3) is 2.24. The normalized spacial score (nSPS) is 29.6. The average molecular weight is 286 g/mol. The van der Waals surface area contributed by atoms with E-state index in [0.717, 1.165) is 10.8 Å². The minimum Gasteiger partial charge on any atom is -0.394 e. The maximum atomic E-state index is 11.8. The Morgan fingerprint density at radius 3 is 2.80 bits per heavy atom. The van der Waals surface area contributed by atoms with Crippen molar-refractivity contribution in [3.8, 4) is 0 Å². The molecule has 1 saturated heterocycles. The van der Waals surface area contributed by atoms with E-state index in [4.69, 9.17) is 15.6 Å². The van der Waals surface area contributed by atoms with Crippen molar-refractivity contribution in [3.63, 3.8) is 0 Å². The number of nitro groups is 1. The fraction of sp³-hybridized carbons (Fsp3) is 0.600. The maximum Gasteiger partial charge on any atom is 0.352 e. The van der Waals surface area contributed by atoms with Gasteiger partial charge in [-0.3, -0.25) is 14.7 Å². The summed E-state index contributed by atoms with van der Waals surface area (Å²) in [7, 11) is 0. The van der Waals surface area contributed by atoms with Crippen LogP contribution in [0.15, 0.2) is 11.0 Å². The molecule has 1 fully saturated rings. The number of ether oxygens (including phenoxy) is 1. The number of aromatic nitrogens is 2. The summed E-state index contributed by atoms with van der Waals surface area (Å²) in [5.41, 5.74) is 3.96. The second-order valence-corrected chi connectivity index (χ2v) is 4.56. The fourth-order valence-electron chi connectivity index (χ4n) is 2.15. The van der Waals surface area contributed by atoms with Gasteiger partial charge in [0.15, 0.2) is 0 Å². The molecule has 2 rings (SSSR count). The molecule has 2 heterocycles. The molecule has 1 aromatic rings. The topological polar surface area (TPSA) is 154 Å². The molecule has 0 unspecified atom stereocenters. The van der Waals surface area contributed by atoms with Crippen LogP contribution in [0.4, 0.5) is 11.5 Å². The summed E-state index contributed by atoms with van der Waals surface area (Å²) in [5, 5.41) is 29.7. The van der Waals surface area contributed by atoms with Gasteiger partial charge in [-0.05, 0) is 0 Å². The number of nitrogens with zero attached hydrogens (tertiary/aromatic N) is 3. The summed E-state index contributed by atoms with van der Waals surface area (Å²) in [6, 6.07) is 0. The molecule has 4 N–H and O–H groups in total. The minimum absolute atomic E-state index is 0.429. The number of hydrogen-bond acceptors (Lipinski definition) is 8. The SMILES string of the molecule is C[C@@H]1[C@H](O)[C@@H](CO)O[C@H]1n1cc([N+](=O)[O-])c(N)nc1=O. The Labute approximate surface area is 112 Å². The third-order valence-corrected chi connectivity index (χ3v) is 3.30. The molecule has 20 heavy (non-hydrogen) atoms. The fourth-order valence-corrected chi connectivity index (χ4v) is 2.15. The number of rotatable bonds is 3. The Hall–Kier alpha value is -2.04. The van der Waals surface area contributed by atoms with Crippen molar-refractivity contribution in [3.05, 3.63) is 26.8 Å². The highest BCUT2D eigenvalue weighted by Crippen LogP contribution is 2.34. The van der Waals surface area contributed by atoms with Crippen molar-refractivity contribution in [2.24, 2.45) is 5.92 Å². The molecule has 4 atom stereocenters. The van der Waals surface area contributed by atoms with Gasteiger partial charge in [0.05, 0.1) is 23.8 Å². The highest BCUT2D eigenvalue weighted by molar-refractivity contribution is 5.49. The average Bonchev–Trinajstić information content (AvgIpc) is 2.66. The highest BCUT2D eigenvalue weighted by Gasteiger charge is 2.42. The summed E-state index contributed by atoms with van der Waals surface area (Å²) < 4.78 is 6.24. The van der Waals surface area contributed by atoms with Gasteiger partial charge in [0, 0.05) is 5.92 Å². The summed E-state index contributed by atoms with van der Waals surface area (Å²) in [6.07, 6.45) is -1.88. The first kappa shape index (κ1) is 14.4. The van der Waals surface area contributed by atoms with Crippen LogP contribution >= 0.6 is 0 Å². The summed E-state index contributed by atoms with van der Waals surface area (Å²) >= 11 is 0. The van der Waals surface area contributed by atoms with Crippen molar-refractivity contribution in [2.75, 3.05) is 12.3 Å². The van der Waals surface area contributed by atoms with E-state index in [2.05, 4.69) is 4.98 Å². The largest absolute Gasteiger partial charge is 0.394 e. The van der Waals surface area contributed by atoms with Crippen LogP contribution in [0, 0.1) is 16.0 Å². The maximum absolute atomic E-state index is 11.8. The molecule has 1 aromatic heterocycles. The Morgan fingerprint density at radius 2 is 2.30 bits per heavy atom. The van der Waals surface area contributed by atoms with Gasteiger partial charge in [0.1, 0.15) is 12.3 Å². The second kappa shape index (κ2) is 5.15. The van der Waals surface area contributed by atoms with Gasteiger partial charge in [0.2, 0.25) is 5.82 Å². The summed E-state index contributed by atoms with van der Waals surface area (Å²) in [6.45, 7) is 1.17. The molecule has 110 valence electrons. The molecule has 0 amide bonds. The van der Waals surface area contributed by atoms with E-state index >= 15 is 0 Å². The smallest absolute Gasteiger partial charge is 0.352 e. The van der Waals surface area contributed by atoms with E-state index in [1.54, 1.807) is 6.92 Å². The van der Waals surface area contributed by atoms with E-state index in [9.17, 15) is 20.0 Å². The number of nitrogen functional groups attached to an aromatic ring is 1. The van der Waals surface area contributed by atoms with E-state index in [1.807, 2.05) is 0 Å². The third-order valence-electron chi connectivity index (χ3n) is 3.30. The van der Waals surface area contributed by atoms with E-state index in [0.29, 0.717) is 0 Å². The molecule has 10 nitrogen and oxygen atoms in total. The van der Waals surface area contributed by atoms with Gasteiger partial charge in [-0.15, -0.1) is 0 Å². The van der Waals surface area contributed by atoms with Crippen LogP contribution in [-0.4, -0.2) is 43.5 Å². The Bertz CT molecular complexity index is 588. The molecule has 1 aliphatic rings. The first-order valence-electron chi connectivity index (χ1n) is 5.84. The lowest BCUT2D eigenvalue weighted by Crippen LogP contribution is -2.31. The predicted molar refractivity (Wildman–Crippen MR) is 65.7 cm³/mol. The quantitative estimate of drug-likeness (QED) is 0.453. The number of aliphatic hydroxyl groups excluding tert-OH is 2. The van der Waals surface area contributed by atoms with Gasteiger partial charge in [-0.25, -0.2) is 4.79 Å². The van der Waals surface area contributed by atoms with Crippen LogP contribution in [0.2, 0.25) is 0 Å². The van der Waals surface area contributed by atoms with Crippen LogP contribution in [0.5, 0.6) is 0 Å². The van der Waals surface area contributed by atoms with Crippen LogP contribution < -0.4 is 11.4 Å². The Morgan fingerprint density at radius 1 is 1.65 bits per heavy atom. The number of anilines is 1. The number of nitrogens with two attached hydrogens (primary N) is 1. The highest BCUT2D eigenvalue weighted by atomic mass is 16.6. The lowest BCUT2D eigenvalue weighted by atomic mass is 10.0. The minimum atomic E-state index is -0.992. The lowest BCUT2D eigenvalue weighted by molar-refractivity contribution is -0.384. The summed E-state index contributed by atoms with van der Waals surface area (Å²) in [4.78, 5) is 25.2. The van der Waals surface area contributed by atoms with Crippen LogP contribution in [0.25, 0.3) is 0 Å². The Balaban J connectivity index is 2.46. The van der Waals surface area contributed by atoms with Crippen molar-refractivity contribution >= 4 is 11.5 Å². The van der Waals surface area contributed by atoms with E-state index in [1.165, 1.54) is 0 Å². The molecule has 10 heteroatoms. The van der Waals surface area contributed by atoms with Crippen molar-refractivity contribution in [1.82, 2.24) is 9.55 Å². The van der Waals surface area contributed by atoms with Crippen LogP contribution in [-0.2, 0) is 4.74 Å². The number of aliphatic hydroxyl groups is 2. The van der Waals surface area contributed by atoms with Crippen LogP contribution in [0.3, 0.4) is 0 Å². The van der Waals surface area contributed by atoms with Gasteiger partial charge in [-0.2, -0.15) is 4.98 Å². The van der Waals surface area contributed by atoms with Crippen LogP contribution in [0.1, 0.15) is 13.2 Å². The molecule has 0 spiro atoms.